The highest BCUT2D eigenvalue weighted by atomic mass is 16.5. The second kappa shape index (κ2) is 5.30. The third-order valence-corrected chi connectivity index (χ3v) is 4.16. The fourth-order valence-corrected chi connectivity index (χ4v) is 2.81. The maximum absolute atomic E-state index is 12.1. The van der Waals surface area contributed by atoms with Crippen LogP contribution in [-0.2, 0) is 4.79 Å². The summed E-state index contributed by atoms with van der Waals surface area (Å²) in [7, 11) is 1.70. The quantitative estimate of drug-likeness (QED) is 0.766. The summed E-state index contributed by atoms with van der Waals surface area (Å²) in [6, 6.07) is 5.46. The predicted molar refractivity (Wildman–Crippen MR) is 88.9 cm³/mol. The second-order valence-corrected chi connectivity index (χ2v) is 5.82. The zero-order chi connectivity index (χ0) is 17.7. The molecule has 8 nitrogen and oxygen atoms in total. The highest BCUT2D eigenvalue weighted by molar-refractivity contribution is 6.00. The SMILES string of the molecule is CC1Oc2ccc(-c3cn4cc(C(=O)O)cnc4n3)cc2N(C)C1=O. The zero-order valence-corrected chi connectivity index (χ0v) is 13.5. The first-order chi connectivity index (χ1) is 11.9. The van der Waals surface area contributed by atoms with Gasteiger partial charge in [-0.3, -0.25) is 9.20 Å². The minimum Gasteiger partial charge on any atom is -0.479 e. The van der Waals surface area contributed by atoms with Gasteiger partial charge in [0.15, 0.2) is 6.10 Å². The van der Waals surface area contributed by atoms with Crippen molar-refractivity contribution in [3.05, 3.63) is 42.4 Å². The predicted octanol–water partition coefficient (Wildman–Crippen LogP) is 1.84. The van der Waals surface area contributed by atoms with Crippen LogP contribution in [0, 0.1) is 0 Å². The Morgan fingerprint density at radius 1 is 1.32 bits per heavy atom. The summed E-state index contributed by atoms with van der Waals surface area (Å²) in [5, 5.41) is 9.05. The molecular weight excluding hydrogens is 324 g/mol. The number of fused-ring (bicyclic) bond motifs is 2. The van der Waals surface area contributed by atoms with E-state index in [0.717, 1.165) is 5.56 Å². The van der Waals surface area contributed by atoms with Crippen LogP contribution in [0.15, 0.2) is 36.8 Å². The lowest BCUT2D eigenvalue weighted by Crippen LogP contribution is -2.41. The largest absolute Gasteiger partial charge is 0.479 e. The van der Waals surface area contributed by atoms with Crippen molar-refractivity contribution in [2.45, 2.75) is 13.0 Å². The zero-order valence-electron chi connectivity index (χ0n) is 13.5. The Labute approximate surface area is 142 Å². The van der Waals surface area contributed by atoms with Gasteiger partial charge in [-0.25, -0.2) is 14.8 Å². The van der Waals surface area contributed by atoms with Crippen LogP contribution in [0.5, 0.6) is 5.75 Å². The number of rotatable bonds is 2. The number of anilines is 1. The van der Waals surface area contributed by atoms with Crippen molar-refractivity contribution >= 4 is 23.3 Å². The topological polar surface area (TPSA) is 97.0 Å². The summed E-state index contributed by atoms with van der Waals surface area (Å²) in [4.78, 5) is 33.2. The van der Waals surface area contributed by atoms with Crippen molar-refractivity contribution in [2.75, 3.05) is 11.9 Å². The number of carbonyl (C=O) groups is 2. The van der Waals surface area contributed by atoms with E-state index in [-0.39, 0.29) is 11.5 Å². The fourth-order valence-electron chi connectivity index (χ4n) is 2.81. The minimum absolute atomic E-state index is 0.0783. The fraction of sp³-hybridized carbons (Fsp3) is 0.176. The average molecular weight is 338 g/mol. The van der Waals surface area contributed by atoms with Crippen LogP contribution in [0.2, 0.25) is 0 Å². The Kier molecular flexibility index (Phi) is 3.21. The van der Waals surface area contributed by atoms with Crippen LogP contribution in [-0.4, -0.2) is 44.5 Å². The number of ether oxygens (including phenoxy) is 1. The van der Waals surface area contributed by atoms with E-state index in [4.69, 9.17) is 9.84 Å². The van der Waals surface area contributed by atoms with Gasteiger partial charge in [-0.1, -0.05) is 0 Å². The average Bonchev–Trinajstić information content (AvgIpc) is 3.02. The Balaban J connectivity index is 1.79. The van der Waals surface area contributed by atoms with Crippen LogP contribution >= 0.6 is 0 Å². The third-order valence-electron chi connectivity index (χ3n) is 4.16. The maximum atomic E-state index is 12.1. The van der Waals surface area contributed by atoms with Crippen LogP contribution in [0.3, 0.4) is 0 Å². The van der Waals surface area contributed by atoms with E-state index in [2.05, 4.69) is 9.97 Å². The summed E-state index contributed by atoms with van der Waals surface area (Å²) in [6.07, 6.45) is 3.91. The van der Waals surface area contributed by atoms with Gasteiger partial charge in [0.25, 0.3) is 5.91 Å². The van der Waals surface area contributed by atoms with Crippen molar-refractivity contribution in [1.29, 1.82) is 0 Å². The molecule has 1 amide bonds. The van der Waals surface area contributed by atoms with Gasteiger partial charge in [0.05, 0.1) is 16.9 Å². The van der Waals surface area contributed by atoms with Crippen molar-refractivity contribution in [1.82, 2.24) is 14.4 Å². The van der Waals surface area contributed by atoms with Gasteiger partial charge in [0.2, 0.25) is 5.78 Å². The van der Waals surface area contributed by atoms with E-state index in [1.165, 1.54) is 12.4 Å². The Hall–Kier alpha value is -3.42. The van der Waals surface area contributed by atoms with E-state index in [1.54, 1.807) is 35.5 Å². The Morgan fingerprint density at radius 2 is 2.12 bits per heavy atom. The number of amides is 1. The molecule has 1 aliphatic rings. The van der Waals surface area contributed by atoms with E-state index in [1.807, 2.05) is 12.1 Å². The molecule has 1 atom stereocenters. The number of likely N-dealkylation sites (N-methyl/N-ethyl adjacent to an activating group) is 1. The number of benzene rings is 1. The molecule has 25 heavy (non-hydrogen) atoms. The van der Waals surface area contributed by atoms with Crippen LogP contribution < -0.4 is 9.64 Å². The van der Waals surface area contributed by atoms with Crippen LogP contribution in [0.25, 0.3) is 17.0 Å². The first-order valence-corrected chi connectivity index (χ1v) is 7.61. The molecule has 0 aliphatic carbocycles. The Morgan fingerprint density at radius 3 is 2.88 bits per heavy atom. The molecular formula is C17H14N4O4. The molecule has 4 rings (SSSR count). The van der Waals surface area contributed by atoms with Crippen molar-refractivity contribution in [2.24, 2.45) is 0 Å². The van der Waals surface area contributed by atoms with Crippen LogP contribution in [0.4, 0.5) is 5.69 Å². The van der Waals surface area contributed by atoms with Gasteiger partial charge in [-0.2, -0.15) is 0 Å². The molecule has 0 bridgehead atoms. The van der Waals surface area contributed by atoms with Crippen molar-refractivity contribution in [3.63, 3.8) is 0 Å². The molecule has 0 saturated heterocycles. The summed E-state index contributed by atoms with van der Waals surface area (Å²) in [6.45, 7) is 1.71. The molecule has 3 aromatic rings. The normalized spacial score (nSPS) is 16.6. The molecule has 0 radical (unpaired) electrons. The van der Waals surface area contributed by atoms with Crippen LogP contribution in [0.1, 0.15) is 17.3 Å². The van der Waals surface area contributed by atoms with E-state index >= 15 is 0 Å². The summed E-state index contributed by atoms with van der Waals surface area (Å²) in [5.74, 6) is -0.141. The number of hydrogen-bond acceptors (Lipinski definition) is 5. The number of imidazole rings is 1. The lowest BCUT2D eigenvalue weighted by Gasteiger charge is -2.30. The summed E-state index contributed by atoms with van der Waals surface area (Å²) < 4.78 is 7.17. The molecule has 8 heteroatoms. The first kappa shape index (κ1) is 15.1. The summed E-state index contributed by atoms with van der Waals surface area (Å²) >= 11 is 0. The van der Waals surface area contributed by atoms with Gasteiger partial charge in [-0.05, 0) is 25.1 Å². The molecule has 0 spiro atoms. The van der Waals surface area contributed by atoms with Crippen molar-refractivity contribution < 1.29 is 19.4 Å². The third kappa shape index (κ3) is 2.38. The number of carboxylic acid groups (broad SMARTS) is 1. The number of hydrogen-bond donors (Lipinski definition) is 1. The molecule has 1 aromatic carbocycles. The number of aromatic carboxylic acids is 1. The molecule has 3 heterocycles. The van der Waals surface area contributed by atoms with Gasteiger partial charge in [-0.15, -0.1) is 0 Å². The summed E-state index contributed by atoms with van der Waals surface area (Å²) in [5.41, 5.74) is 2.14. The number of aromatic nitrogens is 3. The van der Waals surface area contributed by atoms with Gasteiger partial charge in [0.1, 0.15) is 5.75 Å². The van der Waals surface area contributed by atoms with Crippen molar-refractivity contribution in [3.8, 4) is 17.0 Å². The standard InChI is InChI=1S/C17H14N4O4/c1-9-15(22)20(2)13-5-10(3-4-14(13)25-9)12-8-21-7-11(16(23)24)6-18-17(21)19-12/h3-9H,1-2H3,(H,23,24). The smallest absolute Gasteiger partial charge is 0.338 e. The number of carbonyl (C=O) groups excluding carboxylic acids is 1. The van der Waals surface area contributed by atoms with E-state index in [9.17, 15) is 9.59 Å². The number of nitrogens with zero attached hydrogens (tertiary/aromatic N) is 4. The Bertz CT molecular complexity index is 1030. The monoisotopic (exact) mass is 338 g/mol. The molecule has 1 N–H and O–H groups in total. The molecule has 1 aliphatic heterocycles. The second-order valence-electron chi connectivity index (χ2n) is 5.82. The highest BCUT2D eigenvalue weighted by Gasteiger charge is 2.29. The number of carboxylic acids is 1. The molecule has 0 saturated carbocycles. The molecule has 126 valence electrons. The first-order valence-electron chi connectivity index (χ1n) is 7.61. The lowest BCUT2D eigenvalue weighted by atomic mass is 10.1. The lowest BCUT2D eigenvalue weighted by molar-refractivity contribution is -0.125. The minimum atomic E-state index is -1.05. The van der Waals surface area contributed by atoms with E-state index in [0.29, 0.717) is 22.9 Å². The van der Waals surface area contributed by atoms with Gasteiger partial charge >= 0.3 is 5.97 Å². The molecule has 1 unspecified atom stereocenters. The molecule has 0 fully saturated rings. The van der Waals surface area contributed by atoms with E-state index < -0.39 is 12.1 Å². The van der Waals surface area contributed by atoms with Gasteiger partial charge in [0, 0.05) is 31.2 Å². The van der Waals surface area contributed by atoms with Gasteiger partial charge < -0.3 is 14.7 Å². The highest BCUT2D eigenvalue weighted by Crippen LogP contribution is 2.36. The maximum Gasteiger partial charge on any atom is 0.338 e. The molecule has 2 aromatic heterocycles.